The van der Waals surface area contributed by atoms with E-state index in [2.05, 4.69) is 0 Å². The molecule has 0 aliphatic carbocycles. The van der Waals surface area contributed by atoms with E-state index in [1.165, 1.54) is 0 Å². The minimum atomic E-state index is -3.39. The molecule has 1 aliphatic rings. The summed E-state index contributed by atoms with van der Waals surface area (Å²) in [6.45, 7) is 3.54. The molecule has 0 N–H and O–H groups in total. The van der Waals surface area contributed by atoms with Crippen LogP contribution in [0.2, 0.25) is 0 Å². The molecule has 4 nitrogen and oxygen atoms in total. The van der Waals surface area contributed by atoms with Gasteiger partial charge in [0, 0.05) is 6.42 Å². The quantitative estimate of drug-likeness (QED) is 0.784. The number of carbonyl (C=O) groups is 1. The molecule has 0 spiro atoms. The average Bonchev–Trinajstić information content (AvgIpc) is 2.52. The van der Waals surface area contributed by atoms with Crippen molar-refractivity contribution in [1.82, 2.24) is 0 Å². The van der Waals surface area contributed by atoms with Crippen LogP contribution in [0.3, 0.4) is 0 Å². The van der Waals surface area contributed by atoms with Crippen molar-refractivity contribution < 1.29 is 17.9 Å². The van der Waals surface area contributed by atoms with Crippen molar-refractivity contribution in [3.63, 3.8) is 0 Å². The maximum Gasteiger partial charge on any atom is 0.311 e. The van der Waals surface area contributed by atoms with Crippen molar-refractivity contribution in [2.75, 3.05) is 5.75 Å². The van der Waals surface area contributed by atoms with Gasteiger partial charge in [-0.25, -0.2) is 8.42 Å². The van der Waals surface area contributed by atoms with Gasteiger partial charge in [0.1, 0.15) is 6.10 Å². The molecule has 1 saturated heterocycles. The third-order valence-corrected chi connectivity index (χ3v) is 4.87. The second-order valence-corrected chi connectivity index (χ2v) is 7.24. The number of hydrogen-bond acceptors (Lipinski definition) is 4. The molecule has 18 heavy (non-hydrogen) atoms. The predicted molar refractivity (Wildman–Crippen MR) is 66.8 cm³/mol. The summed E-state index contributed by atoms with van der Waals surface area (Å²) in [6.07, 6.45) is -0.101. The molecule has 2 rings (SSSR count). The van der Waals surface area contributed by atoms with Gasteiger partial charge in [-0.2, -0.15) is 0 Å². The Morgan fingerprint density at radius 3 is 2.39 bits per heavy atom. The van der Waals surface area contributed by atoms with E-state index in [4.69, 9.17) is 4.74 Å². The van der Waals surface area contributed by atoms with Gasteiger partial charge in [0.05, 0.1) is 16.1 Å². The third kappa shape index (κ3) is 2.56. The van der Waals surface area contributed by atoms with Crippen LogP contribution in [0.4, 0.5) is 0 Å². The Balaban J connectivity index is 2.14. The average molecular weight is 268 g/mol. The Labute approximate surface area is 107 Å². The van der Waals surface area contributed by atoms with Gasteiger partial charge in [-0.1, -0.05) is 18.2 Å². The van der Waals surface area contributed by atoms with E-state index >= 15 is 0 Å². The monoisotopic (exact) mass is 268 g/mol. The smallest absolute Gasteiger partial charge is 0.311 e. The van der Waals surface area contributed by atoms with Gasteiger partial charge in [-0.3, -0.25) is 4.79 Å². The van der Waals surface area contributed by atoms with E-state index in [0.717, 1.165) is 0 Å². The van der Waals surface area contributed by atoms with Crippen molar-refractivity contribution in [2.45, 2.75) is 31.3 Å². The predicted octanol–water partition coefficient (Wildman–Crippen LogP) is 1.80. The molecule has 0 radical (unpaired) electrons. The molecule has 0 saturated carbocycles. The van der Waals surface area contributed by atoms with Crippen molar-refractivity contribution >= 4 is 15.8 Å². The van der Waals surface area contributed by atoms with Crippen LogP contribution in [0.5, 0.6) is 0 Å². The van der Waals surface area contributed by atoms with E-state index in [1.54, 1.807) is 44.2 Å². The summed E-state index contributed by atoms with van der Waals surface area (Å²) >= 11 is 0. The topological polar surface area (TPSA) is 60.4 Å². The van der Waals surface area contributed by atoms with Crippen LogP contribution in [-0.2, 0) is 19.4 Å². The standard InChI is InChI=1S/C13H16O4S/c1-13(2)8-10(17-12(13)14)9-18(15,16)11-6-4-3-5-7-11/h3-7,10H,8-9H2,1-2H3. The molecule has 0 aromatic heterocycles. The highest BCUT2D eigenvalue weighted by atomic mass is 32.2. The molecule has 1 aliphatic heterocycles. The first kappa shape index (κ1) is 13.1. The Hall–Kier alpha value is -1.36. The van der Waals surface area contributed by atoms with Crippen LogP contribution >= 0.6 is 0 Å². The first-order valence-electron chi connectivity index (χ1n) is 5.80. The SMILES string of the molecule is CC1(C)CC(CS(=O)(=O)c2ccccc2)OC1=O. The molecule has 98 valence electrons. The summed E-state index contributed by atoms with van der Waals surface area (Å²) in [5, 5.41) is 0. The van der Waals surface area contributed by atoms with Gasteiger partial charge in [0.2, 0.25) is 0 Å². The summed E-state index contributed by atoms with van der Waals surface area (Å²) in [4.78, 5) is 11.8. The molecule has 1 aromatic rings. The van der Waals surface area contributed by atoms with Gasteiger partial charge < -0.3 is 4.74 Å². The van der Waals surface area contributed by atoms with Gasteiger partial charge in [-0.15, -0.1) is 0 Å². The maximum absolute atomic E-state index is 12.1. The highest BCUT2D eigenvalue weighted by Gasteiger charge is 2.43. The number of sulfone groups is 1. The van der Waals surface area contributed by atoms with Gasteiger partial charge >= 0.3 is 5.97 Å². The van der Waals surface area contributed by atoms with Crippen molar-refractivity contribution in [3.05, 3.63) is 30.3 Å². The maximum atomic E-state index is 12.1. The van der Waals surface area contributed by atoms with Crippen molar-refractivity contribution in [2.24, 2.45) is 5.41 Å². The third-order valence-electron chi connectivity index (χ3n) is 3.07. The molecule has 1 unspecified atom stereocenters. The lowest BCUT2D eigenvalue weighted by Gasteiger charge is -2.11. The molecule has 0 amide bonds. The molecule has 1 aromatic carbocycles. The van der Waals surface area contributed by atoms with Crippen LogP contribution in [0.25, 0.3) is 0 Å². The van der Waals surface area contributed by atoms with Crippen LogP contribution in [0.1, 0.15) is 20.3 Å². The number of esters is 1. The normalized spacial score (nSPS) is 22.8. The van der Waals surface area contributed by atoms with Crippen LogP contribution in [0, 0.1) is 5.41 Å². The van der Waals surface area contributed by atoms with E-state index in [-0.39, 0.29) is 16.6 Å². The van der Waals surface area contributed by atoms with Crippen LogP contribution < -0.4 is 0 Å². The van der Waals surface area contributed by atoms with E-state index < -0.39 is 21.4 Å². The zero-order valence-electron chi connectivity index (χ0n) is 10.4. The number of benzene rings is 1. The Morgan fingerprint density at radius 2 is 1.89 bits per heavy atom. The van der Waals surface area contributed by atoms with Gasteiger partial charge in [0.25, 0.3) is 0 Å². The summed E-state index contributed by atoms with van der Waals surface area (Å²) in [6, 6.07) is 8.22. The van der Waals surface area contributed by atoms with Crippen molar-refractivity contribution in [3.8, 4) is 0 Å². The summed E-state index contributed by atoms with van der Waals surface area (Å²) in [5.41, 5.74) is -0.586. The second-order valence-electron chi connectivity index (χ2n) is 5.21. The number of hydrogen-bond donors (Lipinski definition) is 0. The van der Waals surface area contributed by atoms with Crippen molar-refractivity contribution in [1.29, 1.82) is 0 Å². The summed E-state index contributed by atoms with van der Waals surface area (Å²) in [5.74, 6) is -0.470. The lowest BCUT2D eigenvalue weighted by atomic mass is 9.90. The first-order chi connectivity index (χ1) is 8.31. The van der Waals surface area contributed by atoms with Gasteiger partial charge in [-0.05, 0) is 26.0 Å². The molecule has 1 heterocycles. The zero-order chi connectivity index (χ0) is 13.4. The molecular weight excluding hydrogens is 252 g/mol. The Morgan fingerprint density at radius 1 is 1.28 bits per heavy atom. The molecule has 5 heteroatoms. The van der Waals surface area contributed by atoms with Gasteiger partial charge in [0.15, 0.2) is 9.84 Å². The van der Waals surface area contributed by atoms with Crippen LogP contribution in [0.15, 0.2) is 35.2 Å². The molecule has 0 bridgehead atoms. The number of cyclic esters (lactones) is 1. The molecule has 1 atom stereocenters. The number of rotatable bonds is 3. The highest BCUT2D eigenvalue weighted by Crippen LogP contribution is 2.34. The number of carbonyl (C=O) groups excluding carboxylic acids is 1. The van der Waals surface area contributed by atoms with E-state index in [1.807, 2.05) is 0 Å². The molecular formula is C13H16O4S. The molecule has 1 fully saturated rings. The zero-order valence-corrected chi connectivity index (χ0v) is 11.2. The van der Waals surface area contributed by atoms with E-state index in [0.29, 0.717) is 6.42 Å². The van der Waals surface area contributed by atoms with Crippen LogP contribution in [-0.4, -0.2) is 26.2 Å². The fraction of sp³-hybridized carbons (Fsp3) is 0.462. The minimum absolute atomic E-state index is 0.147. The Bertz CT molecular complexity index is 546. The largest absolute Gasteiger partial charge is 0.461 e. The fourth-order valence-corrected chi connectivity index (χ4v) is 3.51. The lowest BCUT2D eigenvalue weighted by Crippen LogP contribution is -2.21. The summed E-state index contributed by atoms with van der Waals surface area (Å²) < 4.78 is 29.3. The summed E-state index contributed by atoms with van der Waals surface area (Å²) in [7, 11) is -3.39. The van der Waals surface area contributed by atoms with E-state index in [9.17, 15) is 13.2 Å². The minimum Gasteiger partial charge on any atom is -0.461 e. The number of ether oxygens (including phenoxy) is 1. The fourth-order valence-electron chi connectivity index (χ4n) is 2.07. The highest BCUT2D eigenvalue weighted by molar-refractivity contribution is 7.91. The Kier molecular flexibility index (Phi) is 3.19. The lowest BCUT2D eigenvalue weighted by molar-refractivity contribution is -0.146. The second kappa shape index (κ2) is 4.39. The first-order valence-corrected chi connectivity index (χ1v) is 7.45.